The van der Waals surface area contributed by atoms with Gasteiger partial charge in [-0.2, -0.15) is 0 Å². The highest BCUT2D eigenvalue weighted by Gasteiger charge is 2.41. The fourth-order valence-corrected chi connectivity index (χ4v) is 1.54. The van der Waals surface area contributed by atoms with Gasteiger partial charge in [-0.3, -0.25) is 0 Å². The van der Waals surface area contributed by atoms with Crippen LogP contribution in [0.4, 0.5) is 0 Å². The van der Waals surface area contributed by atoms with E-state index in [4.69, 9.17) is 9.47 Å². The van der Waals surface area contributed by atoms with Crippen LogP contribution in [0.15, 0.2) is 0 Å². The normalized spacial score (nSPS) is 49.2. The van der Waals surface area contributed by atoms with Crippen molar-refractivity contribution in [2.75, 3.05) is 7.11 Å². The van der Waals surface area contributed by atoms with Crippen molar-refractivity contribution in [3.05, 3.63) is 0 Å². The van der Waals surface area contributed by atoms with Crippen LogP contribution in [0, 0.1) is 0 Å². The molecule has 0 amide bonds. The summed E-state index contributed by atoms with van der Waals surface area (Å²) in [5.74, 6) is -1.18. The van der Waals surface area contributed by atoms with Crippen LogP contribution in [0.5, 0.6) is 0 Å². The molecule has 72 valence electrons. The summed E-state index contributed by atoms with van der Waals surface area (Å²) in [6.45, 7) is 3.28. The van der Waals surface area contributed by atoms with Crippen LogP contribution in [0.2, 0.25) is 0 Å². The first kappa shape index (κ1) is 9.92. The van der Waals surface area contributed by atoms with Gasteiger partial charge in [0.05, 0.1) is 12.2 Å². The Balaban J connectivity index is 2.65. The average Bonchev–Trinajstić information content (AvgIpc) is 1.96. The summed E-state index contributed by atoms with van der Waals surface area (Å²) in [7, 11) is 1.52. The summed E-state index contributed by atoms with van der Waals surface area (Å²) in [6.07, 6.45) is -1.09. The zero-order chi connectivity index (χ0) is 9.35. The highest BCUT2D eigenvalue weighted by atomic mass is 16.6. The van der Waals surface area contributed by atoms with Gasteiger partial charge in [0.1, 0.15) is 6.10 Å². The van der Waals surface area contributed by atoms with Gasteiger partial charge < -0.3 is 19.7 Å². The monoisotopic (exact) mass is 176 g/mol. The Hall–Kier alpha value is -0.160. The third-order valence-electron chi connectivity index (χ3n) is 2.18. The van der Waals surface area contributed by atoms with Crippen LogP contribution < -0.4 is 0 Å². The van der Waals surface area contributed by atoms with Gasteiger partial charge in [0.25, 0.3) is 0 Å². The smallest absolute Gasteiger partial charge is 0.165 e. The summed E-state index contributed by atoms with van der Waals surface area (Å²) >= 11 is 0. The molecule has 1 saturated heterocycles. The number of hydrogen-bond donors (Lipinski definition) is 2. The van der Waals surface area contributed by atoms with Crippen LogP contribution in [0.1, 0.15) is 20.3 Å². The number of aliphatic hydroxyl groups excluding tert-OH is 1. The Bertz CT molecular complexity index is 157. The largest absolute Gasteiger partial charge is 0.388 e. The first-order valence-corrected chi connectivity index (χ1v) is 4.07. The highest BCUT2D eigenvalue weighted by molar-refractivity contribution is 4.85. The predicted octanol–water partition coefficient (Wildman–Crippen LogP) is -0.120. The maximum absolute atomic E-state index is 9.55. The van der Waals surface area contributed by atoms with Crippen LogP contribution in [-0.2, 0) is 9.47 Å². The molecule has 0 aromatic carbocycles. The van der Waals surface area contributed by atoms with Crippen molar-refractivity contribution in [1.29, 1.82) is 0 Å². The summed E-state index contributed by atoms with van der Waals surface area (Å²) < 4.78 is 10.2. The third kappa shape index (κ3) is 1.95. The van der Waals surface area contributed by atoms with E-state index in [0.717, 1.165) is 0 Å². The average molecular weight is 176 g/mol. The number of ether oxygens (including phenoxy) is 2. The molecule has 1 aliphatic heterocycles. The molecular weight excluding hydrogens is 160 g/mol. The zero-order valence-electron chi connectivity index (χ0n) is 7.65. The van der Waals surface area contributed by atoms with Crippen LogP contribution in [0.3, 0.4) is 0 Å². The van der Waals surface area contributed by atoms with E-state index in [9.17, 15) is 10.2 Å². The van der Waals surface area contributed by atoms with Crippen LogP contribution in [0.25, 0.3) is 0 Å². The number of aliphatic hydroxyl groups is 2. The van der Waals surface area contributed by atoms with Crippen molar-refractivity contribution in [3.63, 3.8) is 0 Å². The van der Waals surface area contributed by atoms with Crippen molar-refractivity contribution >= 4 is 0 Å². The molecule has 1 aliphatic rings. The number of methoxy groups -OCH3 is 1. The number of rotatable bonds is 1. The summed E-state index contributed by atoms with van der Waals surface area (Å²) in [4.78, 5) is 0. The van der Waals surface area contributed by atoms with E-state index >= 15 is 0 Å². The standard InChI is InChI=1S/C8H16O4/c1-5-7(9)6(11-3)4-8(2,10)12-5/h5-7,9-10H,4H2,1-3H3/t5-,6-,7-,8?/m0/s1. The Morgan fingerprint density at radius 3 is 2.67 bits per heavy atom. The van der Waals surface area contributed by atoms with Gasteiger partial charge in [-0.25, -0.2) is 0 Å². The Labute approximate surface area is 72.1 Å². The minimum Gasteiger partial charge on any atom is -0.388 e. The molecule has 2 N–H and O–H groups in total. The zero-order valence-corrected chi connectivity index (χ0v) is 7.65. The van der Waals surface area contributed by atoms with E-state index in [2.05, 4.69) is 0 Å². The molecule has 0 aliphatic carbocycles. The Morgan fingerprint density at radius 1 is 1.58 bits per heavy atom. The summed E-state index contributed by atoms with van der Waals surface area (Å²) in [6, 6.07) is 0. The molecule has 0 spiro atoms. The van der Waals surface area contributed by atoms with E-state index in [1.165, 1.54) is 7.11 Å². The van der Waals surface area contributed by atoms with Crippen LogP contribution >= 0.6 is 0 Å². The van der Waals surface area contributed by atoms with Crippen molar-refractivity contribution in [2.24, 2.45) is 0 Å². The van der Waals surface area contributed by atoms with E-state index in [1.54, 1.807) is 13.8 Å². The fourth-order valence-electron chi connectivity index (χ4n) is 1.54. The molecule has 1 unspecified atom stereocenters. The molecule has 1 rings (SSSR count). The second kappa shape index (κ2) is 3.30. The Morgan fingerprint density at radius 2 is 2.17 bits per heavy atom. The lowest BCUT2D eigenvalue weighted by molar-refractivity contribution is -0.289. The minimum absolute atomic E-state index is 0.301. The van der Waals surface area contributed by atoms with Crippen molar-refractivity contribution in [3.8, 4) is 0 Å². The molecule has 4 heteroatoms. The lowest BCUT2D eigenvalue weighted by Crippen LogP contribution is -2.52. The van der Waals surface area contributed by atoms with Gasteiger partial charge in [0, 0.05) is 13.5 Å². The number of hydrogen-bond acceptors (Lipinski definition) is 4. The van der Waals surface area contributed by atoms with Gasteiger partial charge in [-0.1, -0.05) is 0 Å². The topological polar surface area (TPSA) is 58.9 Å². The first-order chi connectivity index (χ1) is 5.46. The van der Waals surface area contributed by atoms with Crippen molar-refractivity contribution in [1.82, 2.24) is 0 Å². The molecule has 12 heavy (non-hydrogen) atoms. The molecule has 1 fully saturated rings. The van der Waals surface area contributed by atoms with Crippen molar-refractivity contribution < 1.29 is 19.7 Å². The fraction of sp³-hybridized carbons (Fsp3) is 1.00. The molecule has 0 aromatic heterocycles. The molecule has 0 bridgehead atoms. The van der Waals surface area contributed by atoms with Gasteiger partial charge in [-0.15, -0.1) is 0 Å². The lowest BCUT2D eigenvalue weighted by atomic mass is 9.97. The lowest BCUT2D eigenvalue weighted by Gasteiger charge is -2.40. The second-order valence-corrected chi connectivity index (χ2v) is 3.47. The van der Waals surface area contributed by atoms with Crippen molar-refractivity contribution in [2.45, 2.75) is 44.4 Å². The quantitative estimate of drug-likeness (QED) is 0.584. The van der Waals surface area contributed by atoms with E-state index in [0.29, 0.717) is 6.42 Å². The SMILES string of the molecule is CO[C@H]1CC(C)(O)O[C@@H](C)[C@@H]1O. The maximum atomic E-state index is 9.55. The molecule has 4 nitrogen and oxygen atoms in total. The van der Waals surface area contributed by atoms with Gasteiger partial charge >= 0.3 is 0 Å². The first-order valence-electron chi connectivity index (χ1n) is 4.07. The highest BCUT2D eigenvalue weighted by Crippen LogP contribution is 2.28. The van der Waals surface area contributed by atoms with Gasteiger partial charge in [0.15, 0.2) is 5.79 Å². The molecule has 1 heterocycles. The maximum Gasteiger partial charge on any atom is 0.165 e. The third-order valence-corrected chi connectivity index (χ3v) is 2.18. The molecule has 0 aromatic rings. The molecule has 0 saturated carbocycles. The predicted molar refractivity (Wildman–Crippen MR) is 42.6 cm³/mol. The summed E-state index contributed by atoms with van der Waals surface area (Å²) in [5, 5.41) is 19.1. The minimum atomic E-state index is -1.18. The second-order valence-electron chi connectivity index (χ2n) is 3.47. The molecule has 0 radical (unpaired) electrons. The van der Waals surface area contributed by atoms with Gasteiger partial charge in [-0.05, 0) is 13.8 Å². The summed E-state index contributed by atoms with van der Waals surface area (Å²) in [5.41, 5.74) is 0. The molecule has 4 atom stereocenters. The van der Waals surface area contributed by atoms with E-state index < -0.39 is 18.0 Å². The van der Waals surface area contributed by atoms with E-state index in [-0.39, 0.29) is 6.10 Å². The van der Waals surface area contributed by atoms with E-state index in [1.807, 2.05) is 0 Å². The van der Waals surface area contributed by atoms with Gasteiger partial charge in [0.2, 0.25) is 0 Å². The Kier molecular flexibility index (Phi) is 2.73. The molecular formula is C8H16O4. The van der Waals surface area contributed by atoms with Crippen LogP contribution in [-0.4, -0.2) is 41.4 Å².